The fourth-order valence-corrected chi connectivity index (χ4v) is 3.62. The Morgan fingerprint density at radius 2 is 1.78 bits per heavy atom. The molecule has 27 heavy (non-hydrogen) atoms. The molecule has 1 aliphatic carbocycles. The Kier molecular flexibility index (Phi) is 6.84. The number of nitrogens with zero attached hydrogens (tertiary/aromatic N) is 4. The molecule has 2 fully saturated rings. The van der Waals surface area contributed by atoms with Crippen molar-refractivity contribution in [2.24, 2.45) is 0 Å². The second kappa shape index (κ2) is 9.53. The van der Waals surface area contributed by atoms with Crippen molar-refractivity contribution in [1.82, 2.24) is 20.2 Å². The van der Waals surface area contributed by atoms with Gasteiger partial charge in [0.05, 0.1) is 19.0 Å². The number of carbonyl (C=O) groups excluding carboxylic acids is 2. The molecule has 0 bridgehead atoms. The fraction of sp³-hybridized carbons (Fsp3) is 0.684. The third-order valence-corrected chi connectivity index (χ3v) is 5.19. The third-order valence-electron chi connectivity index (χ3n) is 5.19. The van der Waals surface area contributed by atoms with Crippen molar-refractivity contribution in [3.63, 3.8) is 0 Å². The number of rotatable bonds is 4. The number of amides is 2. The first-order valence-electron chi connectivity index (χ1n) is 9.97. The van der Waals surface area contributed by atoms with Crippen LogP contribution in [0.4, 0.5) is 10.6 Å². The summed E-state index contributed by atoms with van der Waals surface area (Å²) in [6.07, 6.45) is 9.86. The van der Waals surface area contributed by atoms with E-state index in [0.29, 0.717) is 38.5 Å². The van der Waals surface area contributed by atoms with Crippen molar-refractivity contribution in [1.29, 1.82) is 0 Å². The van der Waals surface area contributed by atoms with Gasteiger partial charge in [-0.25, -0.2) is 14.8 Å². The molecule has 1 saturated heterocycles. The van der Waals surface area contributed by atoms with Crippen LogP contribution in [0.3, 0.4) is 0 Å². The van der Waals surface area contributed by atoms with Crippen LogP contribution >= 0.6 is 0 Å². The van der Waals surface area contributed by atoms with Gasteiger partial charge in [-0.15, -0.1) is 0 Å². The van der Waals surface area contributed by atoms with E-state index in [-0.39, 0.29) is 18.0 Å². The molecule has 1 aliphatic heterocycles. The van der Waals surface area contributed by atoms with Gasteiger partial charge in [0.15, 0.2) is 0 Å². The molecule has 8 heteroatoms. The molecule has 1 aromatic heterocycles. The number of ether oxygens (including phenoxy) is 1. The van der Waals surface area contributed by atoms with Crippen LogP contribution < -0.4 is 10.2 Å². The van der Waals surface area contributed by atoms with Crippen LogP contribution in [0.2, 0.25) is 0 Å². The zero-order chi connectivity index (χ0) is 19.1. The lowest BCUT2D eigenvalue weighted by Crippen LogP contribution is -2.49. The Bertz CT molecular complexity index is 621. The average molecular weight is 375 g/mol. The van der Waals surface area contributed by atoms with Gasteiger partial charge in [0.1, 0.15) is 11.5 Å². The molecular formula is C19H29N5O3. The summed E-state index contributed by atoms with van der Waals surface area (Å²) < 4.78 is 5.03. The first-order chi connectivity index (χ1) is 13.2. The Balaban J connectivity index is 1.51. The van der Waals surface area contributed by atoms with Crippen LogP contribution in [0.1, 0.15) is 55.9 Å². The van der Waals surface area contributed by atoms with Crippen molar-refractivity contribution in [2.45, 2.75) is 51.5 Å². The minimum Gasteiger partial charge on any atom is -0.450 e. The SMILES string of the molecule is CCOC(=O)N1CCN(c2cnc(C(=O)NC3CCCCCC3)cn2)CC1. The number of anilines is 1. The Labute approximate surface area is 160 Å². The monoisotopic (exact) mass is 375 g/mol. The van der Waals surface area contributed by atoms with Crippen LogP contribution in [0.25, 0.3) is 0 Å². The minimum atomic E-state index is -0.270. The number of carbonyl (C=O) groups is 2. The van der Waals surface area contributed by atoms with Gasteiger partial charge in [-0.3, -0.25) is 4.79 Å². The molecule has 2 heterocycles. The second-order valence-electron chi connectivity index (χ2n) is 7.09. The van der Waals surface area contributed by atoms with Gasteiger partial charge in [-0.2, -0.15) is 0 Å². The summed E-state index contributed by atoms with van der Waals surface area (Å²) in [7, 11) is 0. The molecule has 0 aromatic carbocycles. The molecule has 0 radical (unpaired) electrons. The molecule has 2 amide bonds. The number of aromatic nitrogens is 2. The highest BCUT2D eigenvalue weighted by Gasteiger charge is 2.23. The van der Waals surface area contributed by atoms with Gasteiger partial charge in [0.25, 0.3) is 5.91 Å². The van der Waals surface area contributed by atoms with E-state index < -0.39 is 0 Å². The van der Waals surface area contributed by atoms with Crippen molar-refractivity contribution < 1.29 is 14.3 Å². The van der Waals surface area contributed by atoms with Crippen molar-refractivity contribution in [3.05, 3.63) is 18.1 Å². The highest BCUT2D eigenvalue weighted by Crippen LogP contribution is 2.18. The summed E-state index contributed by atoms with van der Waals surface area (Å²) in [5.41, 5.74) is 0.355. The summed E-state index contributed by atoms with van der Waals surface area (Å²) in [5, 5.41) is 3.09. The average Bonchev–Trinajstić information content (AvgIpc) is 2.97. The molecule has 148 valence electrons. The van der Waals surface area contributed by atoms with E-state index in [4.69, 9.17) is 4.74 Å². The lowest BCUT2D eigenvalue weighted by molar-refractivity contribution is 0.0927. The maximum absolute atomic E-state index is 12.4. The van der Waals surface area contributed by atoms with Gasteiger partial charge >= 0.3 is 6.09 Å². The highest BCUT2D eigenvalue weighted by atomic mass is 16.6. The van der Waals surface area contributed by atoms with E-state index in [0.717, 1.165) is 18.7 Å². The van der Waals surface area contributed by atoms with E-state index in [9.17, 15) is 9.59 Å². The van der Waals surface area contributed by atoms with Crippen LogP contribution in [-0.2, 0) is 4.74 Å². The van der Waals surface area contributed by atoms with Gasteiger partial charge in [0, 0.05) is 32.2 Å². The molecular weight excluding hydrogens is 346 g/mol. The van der Waals surface area contributed by atoms with Crippen LogP contribution in [0, 0.1) is 0 Å². The largest absolute Gasteiger partial charge is 0.450 e. The lowest BCUT2D eigenvalue weighted by Gasteiger charge is -2.34. The van der Waals surface area contributed by atoms with Crippen molar-refractivity contribution in [2.75, 3.05) is 37.7 Å². The highest BCUT2D eigenvalue weighted by molar-refractivity contribution is 5.92. The zero-order valence-electron chi connectivity index (χ0n) is 16.0. The van der Waals surface area contributed by atoms with Crippen LogP contribution in [-0.4, -0.2) is 65.7 Å². The van der Waals surface area contributed by atoms with E-state index in [1.807, 2.05) is 0 Å². The molecule has 0 atom stereocenters. The molecule has 3 rings (SSSR count). The smallest absolute Gasteiger partial charge is 0.409 e. The molecule has 0 spiro atoms. The van der Waals surface area contributed by atoms with E-state index >= 15 is 0 Å². The lowest BCUT2D eigenvalue weighted by atomic mass is 10.1. The van der Waals surface area contributed by atoms with Gasteiger partial charge < -0.3 is 19.9 Å². The van der Waals surface area contributed by atoms with E-state index in [2.05, 4.69) is 20.2 Å². The van der Waals surface area contributed by atoms with Gasteiger partial charge in [0.2, 0.25) is 0 Å². The molecule has 1 aromatic rings. The topological polar surface area (TPSA) is 87.7 Å². The number of hydrogen-bond acceptors (Lipinski definition) is 6. The van der Waals surface area contributed by atoms with Gasteiger partial charge in [-0.1, -0.05) is 25.7 Å². The predicted molar refractivity (Wildman–Crippen MR) is 102 cm³/mol. The molecule has 1 N–H and O–H groups in total. The Morgan fingerprint density at radius 3 is 2.37 bits per heavy atom. The maximum Gasteiger partial charge on any atom is 0.409 e. The summed E-state index contributed by atoms with van der Waals surface area (Å²) in [6, 6.07) is 0.248. The zero-order valence-corrected chi connectivity index (χ0v) is 16.0. The van der Waals surface area contributed by atoms with Crippen LogP contribution in [0.15, 0.2) is 12.4 Å². The fourth-order valence-electron chi connectivity index (χ4n) is 3.62. The summed E-state index contributed by atoms with van der Waals surface area (Å²) in [4.78, 5) is 36.6. The molecule has 0 unspecified atom stereocenters. The first kappa shape index (κ1) is 19.4. The Hall–Kier alpha value is -2.38. The van der Waals surface area contributed by atoms with Crippen molar-refractivity contribution >= 4 is 17.8 Å². The molecule has 1 saturated carbocycles. The third kappa shape index (κ3) is 5.30. The number of hydrogen-bond donors (Lipinski definition) is 1. The predicted octanol–water partition coefficient (Wildman–Crippen LogP) is 2.21. The quantitative estimate of drug-likeness (QED) is 0.812. The van der Waals surface area contributed by atoms with E-state index in [1.54, 1.807) is 24.2 Å². The van der Waals surface area contributed by atoms with E-state index in [1.165, 1.54) is 25.7 Å². The Morgan fingerprint density at radius 1 is 1.07 bits per heavy atom. The molecule has 2 aliphatic rings. The van der Waals surface area contributed by atoms with Crippen molar-refractivity contribution in [3.8, 4) is 0 Å². The standard InChI is InChI=1S/C19H29N5O3/c1-2-27-19(26)24-11-9-23(10-12-24)17-14-20-16(13-21-17)18(25)22-15-7-5-3-4-6-8-15/h13-15H,2-12H2,1H3,(H,22,25). The summed E-state index contributed by atoms with van der Waals surface area (Å²) in [5.74, 6) is 0.581. The van der Waals surface area contributed by atoms with Crippen LogP contribution in [0.5, 0.6) is 0 Å². The number of piperazine rings is 1. The summed E-state index contributed by atoms with van der Waals surface area (Å²) >= 11 is 0. The molecule has 8 nitrogen and oxygen atoms in total. The summed E-state index contributed by atoms with van der Waals surface area (Å²) in [6.45, 7) is 4.70. The second-order valence-corrected chi connectivity index (χ2v) is 7.09. The minimum absolute atomic E-state index is 0.145. The van der Waals surface area contributed by atoms with Gasteiger partial charge in [-0.05, 0) is 19.8 Å². The maximum atomic E-state index is 12.4. The number of nitrogens with one attached hydrogen (secondary N) is 1. The normalized spacial score (nSPS) is 18.7. The first-order valence-corrected chi connectivity index (χ1v) is 9.97.